The fraction of sp³-hybridized carbons (Fsp3) is 0.333. The molecule has 0 saturated carbocycles. The molecule has 5 nitrogen and oxygen atoms in total. The summed E-state index contributed by atoms with van der Waals surface area (Å²) in [4.78, 5) is 22.7. The monoisotopic (exact) mass is 285 g/mol. The van der Waals surface area contributed by atoms with Crippen LogP contribution in [0.1, 0.15) is 23.7 Å². The first kappa shape index (κ1) is 12.2. The maximum Gasteiger partial charge on any atom is 0.415 e. The van der Waals surface area contributed by atoms with Crippen LogP contribution in [0.25, 0.3) is 0 Å². The molecule has 19 heavy (non-hydrogen) atoms. The van der Waals surface area contributed by atoms with Crippen LogP contribution < -0.4 is 10.1 Å². The summed E-state index contributed by atoms with van der Waals surface area (Å²) < 4.78 is 24.4. The highest BCUT2D eigenvalue weighted by Gasteiger charge is 2.39. The average molecular weight is 286 g/mol. The highest BCUT2D eigenvalue weighted by molar-refractivity contribution is 6.31. The summed E-state index contributed by atoms with van der Waals surface area (Å²) in [5, 5.41) is 1.81. The molecule has 0 spiro atoms. The molecule has 1 saturated heterocycles. The van der Waals surface area contributed by atoms with Gasteiger partial charge in [0.25, 0.3) is 5.91 Å². The number of alkyl carbamates (subject to hydrolysis) is 1. The molecule has 0 bridgehead atoms. The lowest BCUT2D eigenvalue weighted by atomic mass is 9.95. The second-order valence-electron chi connectivity index (χ2n) is 4.29. The molecule has 1 aromatic rings. The van der Waals surface area contributed by atoms with Crippen molar-refractivity contribution < 1.29 is 23.5 Å². The van der Waals surface area contributed by atoms with Gasteiger partial charge in [-0.1, -0.05) is 11.6 Å². The van der Waals surface area contributed by atoms with Gasteiger partial charge in [0.1, 0.15) is 11.6 Å². The molecule has 2 heterocycles. The molecule has 2 amide bonds. The van der Waals surface area contributed by atoms with Crippen molar-refractivity contribution >= 4 is 23.6 Å². The van der Waals surface area contributed by atoms with E-state index in [0.717, 1.165) is 0 Å². The Hall–Kier alpha value is -1.82. The van der Waals surface area contributed by atoms with Gasteiger partial charge in [-0.2, -0.15) is 0 Å². The third-order valence-corrected chi connectivity index (χ3v) is 3.38. The molecule has 2 aliphatic rings. The van der Waals surface area contributed by atoms with Crippen molar-refractivity contribution in [3.8, 4) is 5.75 Å². The Kier molecular flexibility index (Phi) is 2.82. The van der Waals surface area contributed by atoms with E-state index in [4.69, 9.17) is 21.1 Å². The van der Waals surface area contributed by atoms with Crippen LogP contribution in [0.15, 0.2) is 6.07 Å². The summed E-state index contributed by atoms with van der Waals surface area (Å²) >= 11 is 5.79. The molecule has 1 aromatic carbocycles. The van der Waals surface area contributed by atoms with E-state index in [-0.39, 0.29) is 10.6 Å². The zero-order valence-electron chi connectivity index (χ0n) is 9.66. The number of carbonyl (C=O) groups excluding carboxylic acids is 2. The highest BCUT2D eigenvalue weighted by atomic mass is 35.5. The lowest BCUT2D eigenvalue weighted by Crippen LogP contribution is -2.22. The van der Waals surface area contributed by atoms with Crippen LogP contribution >= 0.6 is 11.6 Å². The molecule has 0 aromatic heterocycles. The second-order valence-corrected chi connectivity index (χ2v) is 4.70. The van der Waals surface area contributed by atoms with E-state index in [1.54, 1.807) is 0 Å². The van der Waals surface area contributed by atoms with Gasteiger partial charge >= 0.3 is 6.09 Å². The standard InChI is InChI=1S/C12H9ClFNO4/c13-6-4-7-5(2-1-3-18-7)8(9(6)14)10-11(16)15-12(17)19-10/h4,10H,1-3H2,(H,15,16,17). The Morgan fingerprint density at radius 1 is 1.42 bits per heavy atom. The molecule has 0 radical (unpaired) electrons. The molecular formula is C12H9ClFNO4. The van der Waals surface area contributed by atoms with Crippen molar-refractivity contribution in [2.45, 2.75) is 18.9 Å². The maximum atomic E-state index is 14.2. The average Bonchev–Trinajstić information content (AvgIpc) is 2.70. The summed E-state index contributed by atoms with van der Waals surface area (Å²) in [6, 6.07) is 1.38. The van der Waals surface area contributed by atoms with Crippen molar-refractivity contribution in [3.63, 3.8) is 0 Å². The molecule has 0 aliphatic carbocycles. The zero-order valence-corrected chi connectivity index (χ0v) is 10.4. The van der Waals surface area contributed by atoms with E-state index in [2.05, 4.69) is 0 Å². The Morgan fingerprint density at radius 3 is 2.89 bits per heavy atom. The number of rotatable bonds is 1. The molecule has 1 atom stereocenters. The lowest BCUT2D eigenvalue weighted by Gasteiger charge is -2.22. The number of cyclic esters (lactones) is 1. The number of imide groups is 1. The Balaban J connectivity index is 2.16. The van der Waals surface area contributed by atoms with Crippen molar-refractivity contribution in [1.29, 1.82) is 0 Å². The summed E-state index contributed by atoms with van der Waals surface area (Å²) in [5.74, 6) is -1.01. The van der Waals surface area contributed by atoms with E-state index >= 15 is 0 Å². The van der Waals surface area contributed by atoms with E-state index < -0.39 is 23.9 Å². The van der Waals surface area contributed by atoms with Crippen molar-refractivity contribution in [1.82, 2.24) is 5.32 Å². The number of hydrogen-bond donors (Lipinski definition) is 1. The van der Waals surface area contributed by atoms with Gasteiger partial charge < -0.3 is 9.47 Å². The third-order valence-electron chi connectivity index (χ3n) is 3.11. The largest absolute Gasteiger partial charge is 0.493 e. The number of carbonyl (C=O) groups is 2. The first-order chi connectivity index (χ1) is 9.08. The smallest absolute Gasteiger partial charge is 0.415 e. The normalized spacial score (nSPS) is 21.5. The van der Waals surface area contributed by atoms with Crippen LogP contribution in [0.4, 0.5) is 9.18 Å². The van der Waals surface area contributed by atoms with Crippen LogP contribution in [0.5, 0.6) is 5.75 Å². The predicted molar refractivity (Wildman–Crippen MR) is 62.6 cm³/mol. The number of hydrogen-bond acceptors (Lipinski definition) is 4. The maximum absolute atomic E-state index is 14.2. The molecule has 7 heteroatoms. The van der Waals surface area contributed by atoms with Crippen LogP contribution in [0, 0.1) is 5.82 Å². The van der Waals surface area contributed by atoms with Gasteiger partial charge in [0.2, 0.25) is 6.10 Å². The van der Waals surface area contributed by atoms with Gasteiger partial charge in [0.05, 0.1) is 11.6 Å². The quantitative estimate of drug-likeness (QED) is 0.858. The van der Waals surface area contributed by atoms with E-state index in [1.807, 2.05) is 5.32 Å². The first-order valence-electron chi connectivity index (χ1n) is 5.73. The van der Waals surface area contributed by atoms with Crippen LogP contribution in [0.2, 0.25) is 5.02 Å². The van der Waals surface area contributed by atoms with Gasteiger partial charge in [-0.3, -0.25) is 10.1 Å². The Bertz CT molecular complexity index is 590. The Morgan fingerprint density at radius 2 is 2.21 bits per heavy atom. The number of halogens is 2. The second kappa shape index (κ2) is 4.38. The SMILES string of the molecule is O=C1NC(=O)C(c2c(F)c(Cl)cc3c2CCCO3)O1. The fourth-order valence-electron chi connectivity index (χ4n) is 2.30. The zero-order chi connectivity index (χ0) is 13.6. The topological polar surface area (TPSA) is 64.6 Å². The lowest BCUT2D eigenvalue weighted by molar-refractivity contribution is -0.123. The van der Waals surface area contributed by atoms with Gasteiger partial charge in [-0.25, -0.2) is 9.18 Å². The fourth-order valence-corrected chi connectivity index (χ4v) is 2.50. The van der Waals surface area contributed by atoms with Crippen LogP contribution in [-0.4, -0.2) is 18.6 Å². The molecule has 2 aliphatic heterocycles. The molecule has 1 unspecified atom stereocenters. The number of fused-ring (bicyclic) bond motifs is 1. The van der Waals surface area contributed by atoms with Crippen LogP contribution in [-0.2, 0) is 16.0 Å². The number of amides is 2. The minimum atomic E-state index is -1.30. The molecule has 1 fully saturated rings. The Labute approximate surface area is 112 Å². The summed E-state index contributed by atoms with van der Waals surface area (Å²) in [5.41, 5.74) is 0.522. The molecule has 3 rings (SSSR count). The van der Waals surface area contributed by atoms with E-state index in [1.165, 1.54) is 6.07 Å². The minimum Gasteiger partial charge on any atom is -0.493 e. The van der Waals surface area contributed by atoms with Gasteiger partial charge in [0.15, 0.2) is 0 Å². The third kappa shape index (κ3) is 1.92. The number of nitrogens with one attached hydrogen (secondary N) is 1. The van der Waals surface area contributed by atoms with Gasteiger partial charge in [0, 0.05) is 17.2 Å². The number of benzene rings is 1. The molecule has 100 valence electrons. The predicted octanol–water partition coefficient (Wildman–Crippen LogP) is 2.11. The summed E-state index contributed by atoms with van der Waals surface area (Å²) in [7, 11) is 0. The number of ether oxygens (including phenoxy) is 2. The molecule has 1 N–H and O–H groups in total. The van der Waals surface area contributed by atoms with Crippen LogP contribution in [0.3, 0.4) is 0 Å². The first-order valence-corrected chi connectivity index (χ1v) is 6.11. The highest BCUT2D eigenvalue weighted by Crippen LogP contribution is 2.39. The van der Waals surface area contributed by atoms with Crippen molar-refractivity contribution in [3.05, 3.63) is 28.0 Å². The van der Waals surface area contributed by atoms with Crippen molar-refractivity contribution in [2.75, 3.05) is 6.61 Å². The summed E-state index contributed by atoms with van der Waals surface area (Å²) in [6.45, 7) is 0.505. The van der Waals surface area contributed by atoms with E-state index in [9.17, 15) is 14.0 Å². The molecular weight excluding hydrogens is 277 g/mol. The van der Waals surface area contributed by atoms with E-state index in [0.29, 0.717) is 30.8 Å². The van der Waals surface area contributed by atoms with Crippen molar-refractivity contribution in [2.24, 2.45) is 0 Å². The van der Waals surface area contributed by atoms with Gasteiger partial charge in [-0.15, -0.1) is 0 Å². The van der Waals surface area contributed by atoms with Gasteiger partial charge in [-0.05, 0) is 12.8 Å². The summed E-state index contributed by atoms with van der Waals surface area (Å²) in [6.07, 6.45) is -0.954. The minimum absolute atomic E-state index is 0.00875.